The van der Waals surface area contributed by atoms with E-state index in [4.69, 9.17) is 9.47 Å². The van der Waals surface area contributed by atoms with Gasteiger partial charge in [0.15, 0.2) is 14.3 Å². The molecule has 0 saturated carbocycles. The molecule has 0 aliphatic rings. The summed E-state index contributed by atoms with van der Waals surface area (Å²) in [6.07, 6.45) is 5.22. The monoisotopic (exact) mass is 688 g/mol. The molecule has 0 heterocycles. The highest BCUT2D eigenvalue weighted by Crippen LogP contribution is 2.45. The molecule has 8 heteroatoms. The van der Waals surface area contributed by atoms with Crippen LogP contribution in [-0.2, 0) is 18.6 Å². The maximum Gasteiger partial charge on any atom is 0.156 e. The number of benzene rings is 4. The van der Waals surface area contributed by atoms with E-state index in [-0.39, 0.29) is 0 Å². The van der Waals surface area contributed by atoms with Crippen LogP contribution in [0.5, 0.6) is 0 Å². The number of rotatable bonds is 23. The summed E-state index contributed by atoms with van der Waals surface area (Å²) < 4.78 is 41.3. The van der Waals surface area contributed by atoms with Gasteiger partial charge in [0.1, 0.15) is 0 Å². The second kappa shape index (κ2) is 20.6. The fraction of sp³-hybridized carbons (Fsp3) is 0.400. The third kappa shape index (κ3) is 11.4. The number of hydrogen-bond donors (Lipinski definition) is 0. The quantitative estimate of drug-likeness (QED) is 0.0609. The molecule has 0 bridgehead atoms. The fourth-order valence-electron chi connectivity index (χ4n) is 5.84. The zero-order chi connectivity index (χ0) is 33.9. The molecule has 0 spiro atoms. The Bertz CT molecular complexity index is 1320. The van der Waals surface area contributed by atoms with E-state index in [2.05, 4.69) is 23.6 Å². The third-order valence-corrected chi connectivity index (χ3v) is 14.7. The molecule has 4 rings (SSSR count). The highest BCUT2D eigenvalue weighted by Gasteiger charge is 2.30. The second-order valence-corrected chi connectivity index (χ2v) is 17.9. The Kier molecular flexibility index (Phi) is 16.3. The van der Waals surface area contributed by atoms with Crippen LogP contribution in [0.4, 0.5) is 0 Å². The summed E-state index contributed by atoms with van der Waals surface area (Å²) in [6.45, 7) is 9.65. The minimum Gasteiger partial charge on any atom is -0.378 e. The average Bonchev–Trinajstić information content (AvgIpc) is 3.14. The largest absolute Gasteiger partial charge is 0.378 e. The van der Waals surface area contributed by atoms with Crippen molar-refractivity contribution in [3.63, 3.8) is 0 Å². The Morgan fingerprint density at radius 1 is 0.438 bits per heavy atom. The summed E-state index contributed by atoms with van der Waals surface area (Å²) in [6, 6.07) is 39.6. The Hall–Kier alpha value is -2.82. The van der Waals surface area contributed by atoms with Crippen molar-refractivity contribution in [2.24, 2.45) is 0 Å². The smallest absolute Gasteiger partial charge is 0.156 e. The zero-order valence-electron chi connectivity index (χ0n) is 28.9. The molecule has 0 unspecified atom stereocenters. The number of hydrogen-bond acceptors (Lipinski definition) is 6. The first-order valence-corrected chi connectivity index (χ1v) is 21.3. The number of nitrogens with zero attached hydrogens (tertiary/aromatic N) is 2. The van der Waals surface area contributed by atoms with Crippen molar-refractivity contribution in [2.75, 3.05) is 65.2 Å². The molecule has 258 valence electrons. The fourth-order valence-corrected chi connectivity index (χ4v) is 11.4. The van der Waals surface area contributed by atoms with E-state index in [1.54, 1.807) is 0 Å². The minimum absolute atomic E-state index is 0.490. The van der Waals surface area contributed by atoms with Gasteiger partial charge in [-0.2, -0.15) is 0 Å². The van der Waals surface area contributed by atoms with Gasteiger partial charge in [-0.3, -0.25) is 9.80 Å². The summed E-state index contributed by atoms with van der Waals surface area (Å²) in [7, 11) is -5.68. The second-order valence-electron chi connectivity index (χ2n) is 12.3. The van der Waals surface area contributed by atoms with Gasteiger partial charge < -0.3 is 18.6 Å². The van der Waals surface area contributed by atoms with Gasteiger partial charge in [-0.05, 0) is 25.9 Å². The Labute approximate surface area is 289 Å². The molecule has 0 N–H and O–H groups in total. The van der Waals surface area contributed by atoms with E-state index < -0.39 is 14.3 Å². The molecular formula is C40H54N2O4P2. The summed E-state index contributed by atoms with van der Waals surface area (Å²) in [4.78, 5) is 4.60. The van der Waals surface area contributed by atoms with Crippen LogP contribution in [0, 0.1) is 0 Å². The van der Waals surface area contributed by atoms with Crippen LogP contribution in [0.15, 0.2) is 121 Å². The molecule has 0 radical (unpaired) electrons. The topological polar surface area (TPSA) is 59.1 Å². The van der Waals surface area contributed by atoms with Crippen molar-refractivity contribution in [3.8, 4) is 0 Å². The highest BCUT2D eigenvalue weighted by atomic mass is 31.2. The summed E-state index contributed by atoms with van der Waals surface area (Å²) in [5, 5.41) is 3.57. The normalized spacial score (nSPS) is 12.2. The van der Waals surface area contributed by atoms with Gasteiger partial charge in [-0.1, -0.05) is 148 Å². The zero-order valence-corrected chi connectivity index (χ0v) is 30.7. The van der Waals surface area contributed by atoms with Gasteiger partial charge in [0.2, 0.25) is 0 Å². The van der Waals surface area contributed by atoms with Crippen LogP contribution in [0.1, 0.15) is 39.5 Å². The maximum atomic E-state index is 14.6. The van der Waals surface area contributed by atoms with Crippen LogP contribution in [0.25, 0.3) is 0 Å². The van der Waals surface area contributed by atoms with E-state index in [0.29, 0.717) is 52.1 Å². The Morgan fingerprint density at radius 2 is 0.729 bits per heavy atom. The van der Waals surface area contributed by atoms with E-state index >= 15 is 0 Å². The van der Waals surface area contributed by atoms with E-state index in [1.165, 1.54) is 0 Å². The SMILES string of the molecule is CCCCN(CCOCCOCCN(CCCC)CP(=O)(c1ccccc1)c1ccccc1)CP(=O)(c1ccccc1)c1ccccc1. The maximum absolute atomic E-state index is 14.6. The van der Waals surface area contributed by atoms with Gasteiger partial charge in [-0.25, -0.2) is 0 Å². The van der Waals surface area contributed by atoms with Crippen LogP contribution >= 0.6 is 14.3 Å². The van der Waals surface area contributed by atoms with Gasteiger partial charge in [0.25, 0.3) is 0 Å². The van der Waals surface area contributed by atoms with Gasteiger partial charge in [-0.15, -0.1) is 0 Å². The molecule has 0 aliphatic heterocycles. The molecule has 4 aromatic carbocycles. The number of unbranched alkanes of at least 4 members (excludes halogenated alkanes) is 2. The molecule has 6 nitrogen and oxygen atoms in total. The first-order chi connectivity index (χ1) is 23.5. The minimum atomic E-state index is -2.84. The van der Waals surface area contributed by atoms with E-state index in [1.807, 2.05) is 121 Å². The predicted molar refractivity (Wildman–Crippen MR) is 204 cm³/mol. The van der Waals surface area contributed by atoms with Crippen molar-refractivity contribution in [1.82, 2.24) is 9.80 Å². The van der Waals surface area contributed by atoms with Gasteiger partial charge in [0, 0.05) is 34.3 Å². The molecule has 0 amide bonds. The van der Waals surface area contributed by atoms with E-state index in [9.17, 15) is 9.13 Å². The van der Waals surface area contributed by atoms with Crippen molar-refractivity contribution in [3.05, 3.63) is 121 Å². The lowest BCUT2D eigenvalue weighted by molar-refractivity contribution is 0.0337. The predicted octanol–water partition coefficient (Wildman–Crippen LogP) is 7.17. The average molecular weight is 689 g/mol. The van der Waals surface area contributed by atoms with Crippen LogP contribution < -0.4 is 21.2 Å². The molecule has 0 saturated heterocycles. The van der Waals surface area contributed by atoms with Crippen LogP contribution in [0.2, 0.25) is 0 Å². The summed E-state index contributed by atoms with van der Waals surface area (Å²) in [5.41, 5.74) is 0. The summed E-state index contributed by atoms with van der Waals surface area (Å²) in [5.74, 6) is 0. The van der Waals surface area contributed by atoms with Gasteiger partial charge >= 0.3 is 0 Å². The van der Waals surface area contributed by atoms with Crippen LogP contribution in [0.3, 0.4) is 0 Å². The van der Waals surface area contributed by atoms with Crippen molar-refractivity contribution < 1.29 is 18.6 Å². The van der Waals surface area contributed by atoms with Crippen LogP contribution in [-0.4, -0.2) is 75.0 Å². The molecule has 0 aliphatic carbocycles. The summed E-state index contributed by atoms with van der Waals surface area (Å²) >= 11 is 0. The van der Waals surface area contributed by atoms with Crippen molar-refractivity contribution >= 4 is 35.5 Å². The number of ether oxygens (including phenoxy) is 2. The Balaban J connectivity index is 1.27. The lowest BCUT2D eigenvalue weighted by atomic mass is 10.3. The van der Waals surface area contributed by atoms with Crippen molar-refractivity contribution in [2.45, 2.75) is 39.5 Å². The molecule has 48 heavy (non-hydrogen) atoms. The molecule has 0 atom stereocenters. The molecular weight excluding hydrogens is 634 g/mol. The molecule has 0 aromatic heterocycles. The standard InChI is InChI=1S/C40H54N2O4P2/c1-3-5-27-41(35-47(43,37-19-11-7-12-20-37)38-21-13-8-14-22-38)29-31-45-33-34-46-32-30-42(28-6-4-2)36-48(44,39-23-15-9-16-24-39)40-25-17-10-18-26-40/h7-26H,3-6,27-36H2,1-2H3. The molecule has 0 fully saturated rings. The van der Waals surface area contributed by atoms with Gasteiger partial charge in [0.05, 0.1) is 39.0 Å². The lowest BCUT2D eigenvalue weighted by Gasteiger charge is -2.29. The van der Waals surface area contributed by atoms with Crippen molar-refractivity contribution in [1.29, 1.82) is 0 Å². The highest BCUT2D eigenvalue weighted by molar-refractivity contribution is 7.79. The lowest BCUT2D eigenvalue weighted by Crippen LogP contribution is -2.35. The van der Waals surface area contributed by atoms with E-state index in [0.717, 1.165) is 60.0 Å². The third-order valence-electron chi connectivity index (χ3n) is 8.62. The first-order valence-electron chi connectivity index (χ1n) is 17.5. The molecule has 4 aromatic rings. The Morgan fingerprint density at radius 3 is 1.00 bits per heavy atom. The first kappa shape index (κ1) is 38.0.